The molecular formula is C14H20ClFN2O. The Balaban J connectivity index is 0.00000180. The molecule has 0 saturated carbocycles. The molecule has 1 saturated heterocycles. The second-order valence-electron chi connectivity index (χ2n) is 4.82. The quantitative estimate of drug-likeness (QED) is 0.916. The fourth-order valence-electron chi connectivity index (χ4n) is 2.43. The van der Waals surface area contributed by atoms with Crippen molar-refractivity contribution in [2.75, 3.05) is 26.7 Å². The predicted octanol–water partition coefficient (Wildman–Crippen LogP) is 1.86. The van der Waals surface area contributed by atoms with Crippen LogP contribution in [0.4, 0.5) is 4.39 Å². The second-order valence-corrected chi connectivity index (χ2v) is 4.82. The molecule has 1 aromatic carbocycles. The van der Waals surface area contributed by atoms with Crippen LogP contribution in [0.3, 0.4) is 0 Å². The summed E-state index contributed by atoms with van der Waals surface area (Å²) in [7, 11) is 1.92. The number of carbonyl (C=O) groups excluding carboxylic acids is 1. The van der Waals surface area contributed by atoms with E-state index in [1.54, 1.807) is 18.2 Å². The van der Waals surface area contributed by atoms with E-state index in [4.69, 9.17) is 0 Å². The fraction of sp³-hybridized carbons (Fsp3) is 0.500. The van der Waals surface area contributed by atoms with E-state index in [0.717, 1.165) is 26.1 Å². The van der Waals surface area contributed by atoms with Crippen LogP contribution in [0.25, 0.3) is 0 Å². The maximum Gasteiger partial charge on any atom is 0.227 e. The highest BCUT2D eigenvalue weighted by Crippen LogP contribution is 2.17. The van der Waals surface area contributed by atoms with E-state index in [9.17, 15) is 9.18 Å². The van der Waals surface area contributed by atoms with Crippen molar-refractivity contribution < 1.29 is 9.18 Å². The third-order valence-corrected chi connectivity index (χ3v) is 3.43. The van der Waals surface area contributed by atoms with Gasteiger partial charge < -0.3 is 10.2 Å². The monoisotopic (exact) mass is 286 g/mol. The number of halogens is 2. The first-order valence-corrected chi connectivity index (χ1v) is 6.36. The Morgan fingerprint density at radius 3 is 2.89 bits per heavy atom. The zero-order valence-corrected chi connectivity index (χ0v) is 11.9. The topological polar surface area (TPSA) is 32.3 Å². The molecule has 106 valence electrons. The highest BCUT2D eigenvalue weighted by molar-refractivity contribution is 5.85. The van der Waals surface area contributed by atoms with E-state index in [1.165, 1.54) is 6.07 Å². The largest absolute Gasteiger partial charge is 0.342 e. The van der Waals surface area contributed by atoms with E-state index in [-0.39, 0.29) is 30.6 Å². The highest BCUT2D eigenvalue weighted by atomic mass is 35.5. The van der Waals surface area contributed by atoms with Crippen molar-refractivity contribution in [2.24, 2.45) is 5.92 Å². The van der Waals surface area contributed by atoms with Crippen molar-refractivity contribution in [1.29, 1.82) is 0 Å². The molecule has 19 heavy (non-hydrogen) atoms. The molecule has 0 radical (unpaired) electrons. The molecule has 2 rings (SSSR count). The van der Waals surface area contributed by atoms with Gasteiger partial charge >= 0.3 is 0 Å². The number of rotatable bonds is 4. The van der Waals surface area contributed by atoms with Crippen LogP contribution in [0.2, 0.25) is 0 Å². The minimum Gasteiger partial charge on any atom is -0.342 e. The van der Waals surface area contributed by atoms with Crippen LogP contribution in [0.1, 0.15) is 12.0 Å². The van der Waals surface area contributed by atoms with Gasteiger partial charge in [0.2, 0.25) is 5.91 Å². The highest BCUT2D eigenvalue weighted by Gasteiger charge is 2.25. The summed E-state index contributed by atoms with van der Waals surface area (Å²) in [5, 5.41) is 3.13. The Kier molecular flexibility index (Phi) is 6.25. The van der Waals surface area contributed by atoms with E-state index < -0.39 is 0 Å². The molecule has 5 heteroatoms. The molecule has 1 N–H and O–H groups in total. The van der Waals surface area contributed by atoms with Crippen molar-refractivity contribution in [2.45, 2.75) is 12.8 Å². The van der Waals surface area contributed by atoms with Crippen molar-refractivity contribution >= 4 is 18.3 Å². The molecule has 3 nitrogen and oxygen atoms in total. The maximum atomic E-state index is 13.5. The van der Waals surface area contributed by atoms with E-state index >= 15 is 0 Å². The van der Waals surface area contributed by atoms with Gasteiger partial charge in [0.15, 0.2) is 0 Å². The smallest absolute Gasteiger partial charge is 0.227 e. The van der Waals surface area contributed by atoms with Gasteiger partial charge in [-0.15, -0.1) is 12.4 Å². The maximum absolute atomic E-state index is 13.5. The zero-order chi connectivity index (χ0) is 13.0. The lowest BCUT2D eigenvalue weighted by molar-refractivity contribution is -0.129. The van der Waals surface area contributed by atoms with Crippen LogP contribution < -0.4 is 5.32 Å². The van der Waals surface area contributed by atoms with Gasteiger partial charge in [-0.05, 0) is 37.6 Å². The van der Waals surface area contributed by atoms with Crippen molar-refractivity contribution in [3.05, 3.63) is 35.6 Å². The first-order valence-electron chi connectivity index (χ1n) is 6.36. The van der Waals surface area contributed by atoms with Gasteiger partial charge in [-0.1, -0.05) is 18.2 Å². The lowest BCUT2D eigenvalue weighted by Crippen LogP contribution is -2.31. The van der Waals surface area contributed by atoms with Crippen LogP contribution in [0.5, 0.6) is 0 Å². The molecule has 0 aliphatic carbocycles. The molecule has 1 heterocycles. The number of likely N-dealkylation sites (tertiary alicyclic amines) is 1. The minimum absolute atomic E-state index is 0. The molecule has 1 atom stereocenters. The summed E-state index contributed by atoms with van der Waals surface area (Å²) in [5.74, 6) is 0.259. The lowest BCUT2D eigenvalue weighted by atomic mass is 10.1. The van der Waals surface area contributed by atoms with E-state index in [0.29, 0.717) is 11.5 Å². The Hall–Kier alpha value is -1.13. The first-order chi connectivity index (χ1) is 8.70. The number of amides is 1. The Labute approximate surface area is 119 Å². The second kappa shape index (κ2) is 7.46. The summed E-state index contributed by atoms with van der Waals surface area (Å²) in [4.78, 5) is 13.9. The summed E-state index contributed by atoms with van der Waals surface area (Å²) in [6, 6.07) is 6.48. The standard InChI is InChI=1S/C14H19FN2O.ClH/c1-16-9-11-6-7-17(10-11)14(18)8-12-4-2-3-5-13(12)15;/h2-5,11,16H,6-10H2,1H3;1H. The molecule has 1 fully saturated rings. The fourth-order valence-corrected chi connectivity index (χ4v) is 2.43. The number of nitrogens with zero attached hydrogens (tertiary/aromatic N) is 1. The molecule has 1 amide bonds. The van der Waals surface area contributed by atoms with Crippen molar-refractivity contribution in [3.63, 3.8) is 0 Å². The van der Waals surface area contributed by atoms with Gasteiger partial charge in [-0.2, -0.15) is 0 Å². The van der Waals surface area contributed by atoms with Gasteiger partial charge in [0.05, 0.1) is 6.42 Å². The Bertz CT molecular complexity index is 428. The number of benzene rings is 1. The van der Waals surface area contributed by atoms with Gasteiger partial charge in [0.25, 0.3) is 0 Å². The summed E-state index contributed by atoms with van der Waals surface area (Å²) in [6.45, 7) is 2.51. The number of hydrogen-bond acceptors (Lipinski definition) is 2. The van der Waals surface area contributed by atoms with Crippen molar-refractivity contribution in [3.8, 4) is 0 Å². The minimum atomic E-state index is -0.295. The van der Waals surface area contributed by atoms with Gasteiger partial charge in [0.1, 0.15) is 5.82 Å². The molecule has 1 aromatic rings. The van der Waals surface area contributed by atoms with Gasteiger partial charge in [0, 0.05) is 13.1 Å². The average Bonchev–Trinajstić information content (AvgIpc) is 2.81. The SMILES string of the molecule is CNCC1CCN(C(=O)Cc2ccccc2F)C1.Cl. The summed E-state index contributed by atoms with van der Waals surface area (Å²) >= 11 is 0. The molecule has 1 aliphatic heterocycles. The molecule has 0 spiro atoms. The van der Waals surface area contributed by atoms with Gasteiger partial charge in [-0.3, -0.25) is 4.79 Å². The third kappa shape index (κ3) is 4.18. The Morgan fingerprint density at radius 1 is 1.47 bits per heavy atom. The molecule has 1 unspecified atom stereocenters. The molecule has 0 bridgehead atoms. The lowest BCUT2D eigenvalue weighted by Gasteiger charge is -2.16. The van der Waals surface area contributed by atoms with Crippen molar-refractivity contribution in [1.82, 2.24) is 10.2 Å². The molecular weight excluding hydrogens is 267 g/mol. The van der Waals surface area contributed by atoms with Crippen LogP contribution in [-0.2, 0) is 11.2 Å². The van der Waals surface area contributed by atoms with Crippen LogP contribution >= 0.6 is 12.4 Å². The predicted molar refractivity (Wildman–Crippen MR) is 76.0 cm³/mol. The average molecular weight is 287 g/mol. The Morgan fingerprint density at radius 2 is 2.21 bits per heavy atom. The van der Waals surface area contributed by atoms with E-state index in [2.05, 4.69) is 5.32 Å². The third-order valence-electron chi connectivity index (χ3n) is 3.43. The van der Waals surface area contributed by atoms with Crippen LogP contribution in [0.15, 0.2) is 24.3 Å². The number of hydrogen-bond donors (Lipinski definition) is 1. The normalized spacial score (nSPS) is 18.2. The van der Waals surface area contributed by atoms with E-state index in [1.807, 2.05) is 11.9 Å². The molecule has 1 aliphatic rings. The number of carbonyl (C=O) groups is 1. The molecule has 0 aromatic heterocycles. The zero-order valence-electron chi connectivity index (χ0n) is 11.1. The van der Waals surface area contributed by atoms with Crippen LogP contribution in [0, 0.1) is 11.7 Å². The first kappa shape index (κ1) is 15.9. The summed E-state index contributed by atoms with van der Waals surface area (Å²) in [5.41, 5.74) is 0.486. The van der Waals surface area contributed by atoms with Gasteiger partial charge in [-0.25, -0.2) is 4.39 Å². The summed E-state index contributed by atoms with van der Waals surface area (Å²) < 4.78 is 13.5. The summed E-state index contributed by atoms with van der Waals surface area (Å²) in [6.07, 6.45) is 1.20. The van der Waals surface area contributed by atoms with Crippen LogP contribution in [-0.4, -0.2) is 37.5 Å². The number of nitrogens with one attached hydrogen (secondary N) is 1.